The van der Waals surface area contributed by atoms with E-state index < -0.39 is 10.0 Å². The molecule has 0 radical (unpaired) electrons. The molecule has 8 heteroatoms. The second-order valence-electron chi connectivity index (χ2n) is 2.81. The lowest BCUT2D eigenvalue weighted by atomic mass is 10.4. The Kier molecular flexibility index (Phi) is 4.75. The quantitative estimate of drug-likeness (QED) is 0.390. The van der Waals surface area contributed by atoms with Crippen molar-refractivity contribution < 1.29 is 8.42 Å². The molecular formula is C8H9BrN4O2S. The molecule has 1 aromatic rings. The summed E-state index contributed by atoms with van der Waals surface area (Å²) in [5, 5.41) is 3.23. The van der Waals surface area contributed by atoms with Gasteiger partial charge in [0.15, 0.2) is 0 Å². The minimum Gasteiger partial charge on any atom is -0.211 e. The van der Waals surface area contributed by atoms with Gasteiger partial charge in [-0.2, -0.15) is 0 Å². The molecule has 0 fully saturated rings. The number of sulfonamides is 1. The van der Waals surface area contributed by atoms with Crippen molar-refractivity contribution in [3.63, 3.8) is 0 Å². The summed E-state index contributed by atoms with van der Waals surface area (Å²) >= 11 is 3.19. The highest BCUT2D eigenvalue weighted by molar-refractivity contribution is 9.10. The average Bonchev–Trinajstić information content (AvgIpc) is 2.24. The maximum atomic E-state index is 11.7. The van der Waals surface area contributed by atoms with Crippen molar-refractivity contribution in [3.05, 3.63) is 39.2 Å². The number of hydrogen-bond acceptors (Lipinski definition) is 3. The molecule has 0 aliphatic rings. The van der Waals surface area contributed by atoms with E-state index in [1.54, 1.807) is 12.1 Å². The predicted octanol–water partition coefficient (Wildman–Crippen LogP) is 2.04. The zero-order valence-electron chi connectivity index (χ0n) is 8.17. The predicted molar refractivity (Wildman–Crippen MR) is 63.3 cm³/mol. The second kappa shape index (κ2) is 5.86. The zero-order chi connectivity index (χ0) is 12.0. The van der Waals surface area contributed by atoms with Crippen molar-refractivity contribution in [2.75, 3.05) is 13.1 Å². The van der Waals surface area contributed by atoms with Crippen molar-refractivity contribution >= 4 is 26.0 Å². The maximum absolute atomic E-state index is 11.7. The van der Waals surface area contributed by atoms with Crippen molar-refractivity contribution in [2.24, 2.45) is 5.11 Å². The molecule has 0 amide bonds. The van der Waals surface area contributed by atoms with E-state index in [-0.39, 0.29) is 18.0 Å². The monoisotopic (exact) mass is 304 g/mol. The van der Waals surface area contributed by atoms with Crippen LogP contribution in [0.2, 0.25) is 0 Å². The van der Waals surface area contributed by atoms with Crippen LogP contribution in [0.1, 0.15) is 0 Å². The van der Waals surface area contributed by atoms with Gasteiger partial charge in [-0.25, -0.2) is 13.1 Å². The lowest BCUT2D eigenvalue weighted by Gasteiger charge is -2.05. The number of hydrogen-bond donors (Lipinski definition) is 1. The summed E-state index contributed by atoms with van der Waals surface area (Å²) in [6.45, 7) is 0.169. The van der Waals surface area contributed by atoms with E-state index in [9.17, 15) is 8.42 Å². The van der Waals surface area contributed by atoms with Crippen molar-refractivity contribution in [1.29, 1.82) is 0 Å². The number of benzene rings is 1. The number of azide groups is 1. The highest BCUT2D eigenvalue weighted by Gasteiger charge is 2.12. The van der Waals surface area contributed by atoms with Crippen LogP contribution < -0.4 is 4.72 Å². The van der Waals surface area contributed by atoms with Gasteiger partial charge in [0, 0.05) is 22.5 Å². The Bertz CT molecular complexity index is 511. The maximum Gasteiger partial charge on any atom is 0.240 e. The van der Waals surface area contributed by atoms with Gasteiger partial charge in [0.2, 0.25) is 10.0 Å². The fourth-order valence-corrected chi connectivity index (χ4v) is 2.61. The van der Waals surface area contributed by atoms with Crippen molar-refractivity contribution in [1.82, 2.24) is 4.72 Å². The number of halogens is 1. The molecule has 0 saturated heterocycles. The van der Waals surface area contributed by atoms with Gasteiger partial charge in [0.1, 0.15) is 0 Å². The van der Waals surface area contributed by atoms with Gasteiger partial charge in [-0.15, -0.1) is 0 Å². The SMILES string of the molecule is [N-]=[N+]=NCCNS(=O)(=O)c1cccc(Br)c1. The molecule has 0 spiro atoms. The minimum atomic E-state index is -3.53. The molecule has 1 aromatic carbocycles. The summed E-state index contributed by atoms with van der Waals surface area (Å²) in [5.74, 6) is 0. The highest BCUT2D eigenvalue weighted by atomic mass is 79.9. The second-order valence-corrected chi connectivity index (χ2v) is 5.49. The highest BCUT2D eigenvalue weighted by Crippen LogP contribution is 2.15. The van der Waals surface area contributed by atoms with Crippen LogP contribution in [0.4, 0.5) is 0 Å². The average molecular weight is 305 g/mol. The van der Waals surface area contributed by atoms with Gasteiger partial charge in [-0.05, 0) is 23.7 Å². The van der Waals surface area contributed by atoms with E-state index >= 15 is 0 Å². The fraction of sp³-hybridized carbons (Fsp3) is 0.250. The summed E-state index contributed by atoms with van der Waals surface area (Å²) in [5.41, 5.74) is 8.02. The number of nitrogens with zero attached hydrogens (tertiary/aromatic N) is 3. The van der Waals surface area contributed by atoms with Crippen LogP contribution in [-0.4, -0.2) is 21.5 Å². The molecule has 0 heterocycles. The minimum absolute atomic E-state index is 0.0822. The molecule has 0 unspecified atom stereocenters. The third-order valence-electron chi connectivity index (χ3n) is 1.67. The zero-order valence-corrected chi connectivity index (χ0v) is 10.6. The third kappa shape index (κ3) is 3.82. The standard InChI is InChI=1S/C8H9BrN4O2S/c9-7-2-1-3-8(6-7)16(14,15)12-5-4-11-13-10/h1-3,6,12H,4-5H2. The van der Waals surface area contributed by atoms with Gasteiger partial charge < -0.3 is 0 Å². The molecule has 0 bridgehead atoms. The van der Waals surface area contributed by atoms with Gasteiger partial charge in [-0.1, -0.05) is 27.1 Å². The summed E-state index contributed by atoms with van der Waals surface area (Å²) in [7, 11) is -3.53. The largest absolute Gasteiger partial charge is 0.240 e. The molecule has 16 heavy (non-hydrogen) atoms. The lowest BCUT2D eigenvalue weighted by Crippen LogP contribution is -2.26. The molecule has 0 aliphatic carbocycles. The first-order valence-corrected chi connectivity index (χ1v) is 6.60. The van der Waals surface area contributed by atoms with Crippen LogP contribution in [-0.2, 0) is 10.0 Å². The molecular weight excluding hydrogens is 296 g/mol. The normalized spacial score (nSPS) is 10.8. The molecule has 6 nitrogen and oxygen atoms in total. The molecule has 0 aliphatic heterocycles. The van der Waals surface area contributed by atoms with E-state index in [0.29, 0.717) is 4.47 Å². The summed E-state index contributed by atoms with van der Waals surface area (Å²) in [4.78, 5) is 2.69. The molecule has 0 saturated carbocycles. The van der Waals surface area contributed by atoms with Gasteiger partial charge >= 0.3 is 0 Å². The first-order chi connectivity index (χ1) is 7.56. The van der Waals surface area contributed by atoms with Crippen LogP contribution in [0.3, 0.4) is 0 Å². The fourth-order valence-electron chi connectivity index (χ4n) is 0.992. The van der Waals surface area contributed by atoms with Crippen LogP contribution in [0.25, 0.3) is 10.4 Å². The Morgan fingerprint density at radius 2 is 2.25 bits per heavy atom. The Labute approximate surface area is 101 Å². The third-order valence-corrected chi connectivity index (χ3v) is 3.63. The Hall–Kier alpha value is -1.08. The lowest BCUT2D eigenvalue weighted by molar-refractivity contribution is 0.582. The topological polar surface area (TPSA) is 94.9 Å². The first kappa shape index (κ1) is 13.0. The van der Waals surface area contributed by atoms with Gasteiger partial charge in [0.25, 0.3) is 0 Å². The van der Waals surface area contributed by atoms with Crippen LogP contribution in [0.15, 0.2) is 38.7 Å². The first-order valence-electron chi connectivity index (χ1n) is 4.32. The molecule has 1 rings (SSSR count). The van der Waals surface area contributed by atoms with E-state index in [4.69, 9.17) is 5.53 Å². The van der Waals surface area contributed by atoms with Crippen LogP contribution in [0, 0.1) is 0 Å². The smallest absolute Gasteiger partial charge is 0.211 e. The van der Waals surface area contributed by atoms with E-state index in [0.717, 1.165) is 0 Å². The summed E-state index contributed by atoms with van der Waals surface area (Å²) < 4.78 is 26.4. The van der Waals surface area contributed by atoms with Crippen LogP contribution >= 0.6 is 15.9 Å². The Balaban J connectivity index is 2.74. The molecule has 0 atom stereocenters. The summed E-state index contributed by atoms with van der Waals surface area (Å²) in [6, 6.07) is 6.35. The molecule has 86 valence electrons. The van der Waals surface area contributed by atoms with Gasteiger partial charge in [0.05, 0.1) is 4.90 Å². The number of rotatable bonds is 5. The van der Waals surface area contributed by atoms with E-state index in [2.05, 4.69) is 30.7 Å². The van der Waals surface area contributed by atoms with Crippen LogP contribution in [0.5, 0.6) is 0 Å². The molecule has 0 aromatic heterocycles. The van der Waals surface area contributed by atoms with E-state index in [1.165, 1.54) is 12.1 Å². The molecule has 1 N–H and O–H groups in total. The van der Waals surface area contributed by atoms with E-state index in [1.807, 2.05) is 0 Å². The number of nitrogens with one attached hydrogen (secondary N) is 1. The Morgan fingerprint density at radius 3 is 2.88 bits per heavy atom. The van der Waals surface area contributed by atoms with Gasteiger partial charge in [-0.3, -0.25) is 0 Å². The van der Waals surface area contributed by atoms with Crippen molar-refractivity contribution in [3.8, 4) is 0 Å². The summed E-state index contributed by atoms with van der Waals surface area (Å²) in [6.07, 6.45) is 0. The van der Waals surface area contributed by atoms with Crippen molar-refractivity contribution in [2.45, 2.75) is 4.90 Å². The Morgan fingerprint density at radius 1 is 1.50 bits per heavy atom.